The zero-order valence-corrected chi connectivity index (χ0v) is 15.9. The summed E-state index contributed by atoms with van der Waals surface area (Å²) >= 11 is 6.13. The summed E-state index contributed by atoms with van der Waals surface area (Å²) in [7, 11) is 1.54. The minimum atomic E-state index is -0.394. The topological polar surface area (TPSA) is 99.9 Å². The summed E-state index contributed by atoms with van der Waals surface area (Å²) in [6.45, 7) is 1.88. The number of carbonyl (C=O) groups is 1. The molecule has 8 heteroatoms. The number of halogens is 1. The highest BCUT2D eigenvalue weighted by atomic mass is 35.5. The van der Waals surface area contributed by atoms with Crippen LogP contribution in [0.25, 0.3) is 0 Å². The highest BCUT2D eigenvalue weighted by molar-refractivity contribution is 6.31. The van der Waals surface area contributed by atoms with Crippen LogP contribution < -0.4 is 15.4 Å². The molecule has 0 aliphatic carbocycles. The minimum absolute atomic E-state index is 0.187. The Morgan fingerprint density at radius 1 is 1.18 bits per heavy atom. The molecule has 0 fully saturated rings. The number of methoxy groups -OCH3 is 1. The molecule has 0 saturated heterocycles. The Hall–Kier alpha value is -3.63. The molecule has 0 aliphatic rings. The molecule has 1 heterocycles. The maximum Gasteiger partial charge on any atom is 0.274 e. The van der Waals surface area contributed by atoms with Crippen LogP contribution in [0.5, 0.6) is 5.75 Å². The van der Waals surface area contributed by atoms with Gasteiger partial charge in [0, 0.05) is 22.8 Å². The van der Waals surface area contributed by atoms with Gasteiger partial charge in [-0.2, -0.15) is 5.26 Å². The van der Waals surface area contributed by atoms with Crippen molar-refractivity contribution in [1.82, 2.24) is 9.97 Å². The van der Waals surface area contributed by atoms with E-state index in [1.807, 2.05) is 19.1 Å². The first-order valence-electron chi connectivity index (χ1n) is 8.25. The van der Waals surface area contributed by atoms with Crippen molar-refractivity contribution in [1.29, 1.82) is 5.26 Å². The van der Waals surface area contributed by atoms with Crippen LogP contribution in [0.3, 0.4) is 0 Å². The van der Waals surface area contributed by atoms with Gasteiger partial charge in [-0.05, 0) is 42.8 Å². The number of hydrogen-bond acceptors (Lipinski definition) is 6. The van der Waals surface area contributed by atoms with E-state index in [1.54, 1.807) is 37.4 Å². The van der Waals surface area contributed by atoms with E-state index in [4.69, 9.17) is 21.6 Å². The SMILES string of the molecule is COc1cc(Cl)c(C)cc1Nc1cc(C(=O)Nc2ccc(C#N)cc2)ncn1. The lowest BCUT2D eigenvalue weighted by Crippen LogP contribution is -2.14. The van der Waals surface area contributed by atoms with E-state index in [2.05, 4.69) is 20.6 Å². The van der Waals surface area contributed by atoms with Gasteiger partial charge in [-0.15, -0.1) is 0 Å². The van der Waals surface area contributed by atoms with Gasteiger partial charge in [0.2, 0.25) is 0 Å². The van der Waals surface area contributed by atoms with E-state index in [-0.39, 0.29) is 5.69 Å². The Labute approximate surface area is 167 Å². The number of aromatic nitrogens is 2. The van der Waals surface area contributed by atoms with Crippen LogP contribution in [0, 0.1) is 18.3 Å². The lowest BCUT2D eigenvalue weighted by atomic mass is 10.2. The number of ether oxygens (including phenoxy) is 1. The van der Waals surface area contributed by atoms with Crippen molar-refractivity contribution >= 4 is 34.7 Å². The number of amides is 1. The first-order valence-corrected chi connectivity index (χ1v) is 8.62. The molecular weight excluding hydrogens is 378 g/mol. The molecule has 2 N–H and O–H groups in total. The molecule has 0 bridgehead atoms. The van der Waals surface area contributed by atoms with Gasteiger partial charge in [0.15, 0.2) is 0 Å². The molecule has 0 unspecified atom stereocenters. The quantitative estimate of drug-likeness (QED) is 0.669. The Bertz CT molecular complexity index is 1060. The van der Waals surface area contributed by atoms with Crippen molar-refractivity contribution in [2.45, 2.75) is 6.92 Å². The minimum Gasteiger partial charge on any atom is -0.495 e. The highest BCUT2D eigenvalue weighted by Crippen LogP contribution is 2.32. The molecule has 1 aromatic heterocycles. The Balaban J connectivity index is 1.79. The molecule has 7 nitrogen and oxygen atoms in total. The zero-order chi connectivity index (χ0) is 20.1. The van der Waals surface area contributed by atoms with Crippen LogP contribution in [-0.4, -0.2) is 23.0 Å². The second-order valence-corrected chi connectivity index (χ2v) is 6.27. The fourth-order valence-electron chi connectivity index (χ4n) is 2.44. The number of anilines is 3. The van der Waals surface area contributed by atoms with Gasteiger partial charge in [-0.3, -0.25) is 4.79 Å². The molecule has 1 amide bonds. The number of benzene rings is 2. The zero-order valence-electron chi connectivity index (χ0n) is 15.2. The summed E-state index contributed by atoms with van der Waals surface area (Å²) in [6.07, 6.45) is 1.30. The van der Waals surface area contributed by atoms with Crippen LogP contribution in [0.15, 0.2) is 48.8 Å². The van der Waals surface area contributed by atoms with E-state index in [1.165, 1.54) is 12.4 Å². The summed E-state index contributed by atoms with van der Waals surface area (Å²) in [6, 6.07) is 13.6. The largest absolute Gasteiger partial charge is 0.495 e. The Morgan fingerprint density at radius 3 is 2.61 bits per heavy atom. The summed E-state index contributed by atoms with van der Waals surface area (Å²) < 4.78 is 5.34. The smallest absolute Gasteiger partial charge is 0.274 e. The van der Waals surface area contributed by atoms with Crippen molar-refractivity contribution in [3.63, 3.8) is 0 Å². The predicted octanol–water partition coefficient (Wildman–Crippen LogP) is 4.31. The number of nitrogens with zero attached hydrogens (tertiary/aromatic N) is 3. The van der Waals surface area contributed by atoms with E-state index in [0.717, 1.165) is 5.56 Å². The van der Waals surface area contributed by atoms with E-state index in [9.17, 15) is 4.79 Å². The van der Waals surface area contributed by atoms with Crippen molar-refractivity contribution in [3.8, 4) is 11.8 Å². The van der Waals surface area contributed by atoms with Crippen molar-refractivity contribution in [3.05, 3.63) is 70.6 Å². The van der Waals surface area contributed by atoms with Crippen LogP contribution in [0.4, 0.5) is 17.2 Å². The van der Waals surface area contributed by atoms with Crippen LogP contribution in [0.2, 0.25) is 5.02 Å². The third-order valence-corrected chi connectivity index (χ3v) is 4.32. The van der Waals surface area contributed by atoms with E-state index >= 15 is 0 Å². The normalized spacial score (nSPS) is 10.1. The van der Waals surface area contributed by atoms with Gasteiger partial charge < -0.3 is 15.4 Å². The molecule has 28 heavy (non-hydrogen) atoms. The van der Waals surface area contributed by atoms with Crippen LogP contribution >= 0.6 is 11.6 Å². The van der Waals surface area contributed by atoms with Gasteiger partial charge in [0.25, 0.3) is 5.91 Å². The van der Waals surface area contributed by atoms with Gasteiger partial charge in [-0.25, -0.2) is 9.97 Å². The highest BCUT2D eigenvalue weighted by Gasteiger charge is 2.12. The Morgan fingerprint density at radius 2 is 1.93 bits per heavy atom. The Kier molecular flexibility index (Phi) is 5.72. The maximum atomic E-state index is 12.5. The standard InChI is InChI=1S/C20H16ClN5O2/c1-12-7-16(18(28-2)8-15(12)21)26-19-9-17(23-11-24-19)20(27)25-14-5-3-13(10-22)4-6-14/h3-9,11H,1-2H3,(H,25,27)(H,23,24,26). The molecule has 0 aliphatic heterocycles. The maximum absolute atomic E-state index is 12.5. The molecule has 140 valence electrons. The van der Waals surface area contributed by atoms with Crippen molar-refractivity contribution in [2.75, 3.05) is 17.7 Å². The number of nitriles is 1. The molecular formula is C20H16ClN5O2. The average Bonchev–Trinajstić information content (AvgIpc) is 2.71. The molecule has 0 saturated carbocycles. The summed E-state index contributed by atoms with van der Waals surface area (Å²) in [4.78, 5) is 20.6. The van der Waals surface area contributed by atoms with Gasteiger partial charge in [-0.1, -0.05) is 11.6 Å². The predicted molar refractivity (Wildman–Crippen MR) is 107 cm³/mol. The first kappa shape index (κ1) is 19.1. The monoisotopic (exact) mass is 393 g/mol. The van der Waals surface area contributed by atoms with Crippen LogP contribution in [-0.2, 0) is 0 Å². The van der Waals surface area contributed by atoms with Gasteiger partial charge >= 0.3 is 0 Å². The number of carbonyl (C=O) groups excluding carboxylic acids is 1. The molecule has 3 aromatic rings. The number of aryl methyl sites for hydroxylation is 1. The molecule has 3 rings (SSSR count). The fourth-order valence-corrected chi connectivity index (χ4v) is 2.59. The van der Waals surface area contributed by atoms with Crippen molar-refractivity contribution < 1.29 is 9.53 Å². The first-order chi connectivity index (χ1) is 13.5. The average molecular weight is 394 g/mol. The number of rotatable bonds is 5. The lowest BCUT2D eigenvalue weighted by molar-refractivity contribution is 0.102. The summed E-state index contributed by atoms with van der Waals surface area (Å²) in [5.74, 6) is 0.590. The fraction of sp³-hybridized carbons (Fsp3) is 0.100. The van der Waals surface area contributed by atoms with E-state index in [0.29, 0.717) is 33.5 Å². The molecule has 0 atom stereocenters. The van der Waals surface area contributed by atoms with Crippen LogP contribution in [0.1, 0.15) is 21.6 Å². The second-order valence-electron chi connectivity index (χ2n) is 5.86. The van der Waals surface area contributed by atoms with Gasteiger partial charge in [0.05, 0.1) is 24.4 Å². The lowest BCUT2D eigenvalue weighted by Gasteiger charge is -2.13. The van der Waals surface area contributed by atoms with Gasteiger partial charge in [0.1, 0.15) is 23.6 Å². The molecule has 0 radical (unpaired) electrons. The number of nitrogens with one attached hydrogen (secondary N) is 2. The summed E-state index contributed by atoms with van der Waals surface area (Å²) in [5, 5.41) is 15.3. The molecule has 2 aromatic carbocycles. The van der Waals surface area contributed by atoms with E-state index < -0.39 is 5.91 Å². The second kappa shape index (κ2) is 8.37. The third kappa shape index (κ3) is 4.37. The molecule has 0 spiro atoms. The summed E-state index contributed by atoms with van der Waals surface area (Å²) in [5.41, 5.74) is 2.80. The third-order valence-electron chi connectivity index (χ3n) is 3.92. The number of hydrogen-bond donors (Lipinski definition) is 2. The van der Waals surface area contributed by atoms with Crippen molar-refractivity contribution in [2.24, 2.45) is 0 Å².